The number of hydrogen-bond acceptors (Lipinski definition) is 2. The van der Waals surface area contributed by atoms with Crippen molar-refractivity contribution in [2.24, 2.45) is 0 Å². The van der Waals surface area contributed by atoms with E-state index >= 15 is 0 Å². The van der Waals surface area contributed by atoms with Crippen LogP contribution in [0.2, 0.25) is 0 Å². The first-order valence-electron chi connectivity index (χ1n) is 3.15. The molecule has 2 heteroatoms. The lowest BCUT2D eigenvalue weighted by atomic mass is 10.1. The zero-order valence-electron chi connectivity index (χ0n) is 5.30. The molecule has 9 heavy (non-hydrogen) atoms. The second kappa shape index (κ2) is 2.67. The van der Waals surface area contributed by atoms with E-state index in [1.165, 1.54) is 0 Å². The standard InChI is InChI=1S/C7H10O2/c1-2-6-4-3-5-7(8)9-6/h2,6H,1,3-5H2. The first kappa shape index (κ1) is 6.33. The van der Waals surface area contributed by atoms with Crippen molar-refractivity contribution in [3.8, 4) is 0 Å². The van der Waals surface area contributed by atoms with Crippen LogP contribution in [0, 0.1) is 0 Å². The quantitative estimate of drug-likeness (QED) is 0.390. The van der Waals surface area contributed by atoms with Crippen LogP contribution in [0.25, 0.3) is 0 Å². The van der Waals surface area contributed by atoms with E-state index in [-0.39, 0.29) is 12.1 Å². The van der Waals surface area contributed by atoms with Crippen molar-refractivity contribution in [1.29, 1.82) is 0 Å². The molecule has 1 saturated heterocycles. The van der Waals surface area contributed by atoms with Crippen molar-refractivity contribution in [2.75, 3.05) is 0 Å². The van der Waals surface area contributed by atoms with Gasteiger partial charge in [-0.05, 0) is 12.8 Å². The maximum Gasteiger partial charge on any atom is 0.306 e. The van der Waals surface area contributed by atoms with Crippen molar-refractivity contribution in [3.63, 3.8) is 0 Å². The molecule has 0 amide bonds. The lowest BCUT2D eigenvalue weighted by molar-refractivity contribution is -0.150. The molecule has 0 aromatic heterocycles. The number of ether oxygens (including phenoxy) is 1. The van der Waals surface area contributed by atoms with Gasteiger partial charge in [0, 0.05) is 6.42 Å². The number of carbonyl (C=O) groups is 1. The molecule has 0 spiro atoms. The second-order valence-electron chi connectivity index (χ2n) is 2.16. The minimum Gasteiger partial charge on any atom is -0.458 e. The normalized spacial score (nSPS) is 27.1. The lowest BCUT2D eigenvalue weighted by Crippen LogP contribution is -2.20. The van der Waals surface area contributed by atoms with Gasteiger partial charge >= 0.3 is 5.97 Å². The fraction of sp³-hybridized carbons (Fsp3) is 0.571. The Balaban J connectivity index is 2.40. The van der Waals surface area contributed by atoms with Gasteiger partial charge in [-0.3, -0.25) is 4.79 Å². The maximum absolute atomic E-state index is 10.6. The molecule has 0 bridgehead atoms. The largest absolute Gasteiger partial charge is 0.458 e. The van der Waals surface area contributed by atoms with Gasteiger partial charge < -0.3 is 4.74 Å². The lowest BCUT2D eigenvalue weighted by Gasteiger charge is -2.18. The number of rotatable bonds is 1. The van der Waals surface area contributed by atoms with Gasteiger partial charge in [0.15, 0.2) is 0 Å². The predicted octanol–water partition coefficient (Wildman–Crippen LogP) is 1.27. The first-order valence-corrected chi connectivity index (χ1v) is 3.15. The first-order chi connectivity index (χ1) is 4.33. The summed E-state index contributed by atoms with van der Waals surface area (Å²) in [6, 6.07) is 0. The van der Waals surface area contributed by atoms with E-state index in [4.69, 9.17) is 4.74 Å². The molecule has 2 nitrogen and oxygen atoms in total. The Morgan fingerprint density at radius 1 is 1.78 bits per heavy atom. The molecule has 0 N–H and O–H groups in total. The number of cyclic esters (lactones) is 1. The third kappa shape index (κ3) is 1.56. The predicted molar refractivity (Wildman–Crippen MR) is 33.9 cm³/mol. The van der Waals surface area contributed by atoms with E-state index < -0.39 is 0 Å². The average Bonchev–Trinajstić information content (AvgIpc) is 1.88. The molecule has 0 aromatic carbocycles. The third-order valence-electron chi connectivity index (χ3n) is 1.42. The molecule has 0 saturated carbocycles. The summed E-state index contributed by atoms with van der Waals surface area (Å²) in [5, 5.41) is 0. The highest BCUT2D eigenvalue weighted by molar-refractivity contribution is 5.70. The van der Waals surface area contributed by atoms with E-state index in [2.05, 4.69) is 6.58 Å². The number of esters is 1. The van der Waals surface area contributed by atoms with Crippen LogP contribution in [0.4, 0.5) is 0 Å². The molecular formula is C7H10O2. The Kier molecular flexibility index (Phi) is 1.88. The van der Waals surface area contributed by atoms with E-state index in [1.54, 1.807) is 6.08 Å². The van der Waals surface area contributed by atoms with Crippen LogP contribution >= 0.6 is 0 Å². The van der Waals surface area contributed by atoms with E-state index in [0.717, 1.165) is 12.8 Å². The summed E-state index contributed by atoms with van der Waals surface area (Å²) in [4.78, 5) is 10.6. The summed E-state index contributed by atoms with van der Waals surface area (Å²) >= 11 is 0. The van der Waals surface area contributed by atoms with Crippen molar-refractivity contribution in [1.82, 2.24) is 0 Å². The Bertz CT molecular complexity index is 129. The Morgan fingerprint density at radius 3 is 3.00 bits per heavy atom. The van der Waals surface area contributed by atoms with Crippen molar-refractivity contribution in [2.45, 2.75) is 25.4 Å². The molecule has 1 rings (SSSR count). The van der Waals surface area contributed by atoms with Crippen LogP contribution < -0.4 is 0 Å². The van der Waals surface area contributed by atoms with Crippen molar-refractivity contribution < 1.29 is 9.53 Å². The molecule has 0 aromatic rings. The molecule has 1 aliphatic heterocycles. The summed E-state index contributed by atoms with van der Waals surface area (Å²) in [5.74, 6) is -0.0915. The van der Waals surface area contributed by atoms with Gasteiger partial charge in [0.2, 0.25) is 0 Å². The van der Waals surface area contributed by atoms with Gasteiger partial charge in [-0.1, -0.05) is 12.7 Å². The fourth-order valence-corrected chi connectivity index (χ4v) is 0.900. The van der Waals surface area contributed by atoms with Crippen LogP contribution in [0.5, 0.6) is 0 Å². The topological polar surface area (TPSA) is 26.3 Å². The Hall–Kier alpha value is -0.790. The SMILES string of the molecule is C=CC1CCCC(=O)O1. The van der Waals surface area contributed by atoms with Crippen LogP contribution in [0.15, 0.2) is 12.7 Å². The van der Waals surface area contributed by atoms with Crippen molar-refractivity contribution >= 4 is 5.97 Å². The minimum atomic E-state index is -0.0915. The van der Waals surface area contributed by atoms with Crippen LogP contribution in [-0.2, 0) is 9.53 Å². The van der Waals surface area contributed by atoms with Gasteiger partial charge in [-0.2, -0.15) is 0 Å². The highest BCUT2D eigenvalue weighted by Crippen LogP contribution is 2.13. The zero-order valence-corrected chi connectivity index (χ0v) is 5.30. The minimum absolute atomic E-state index is 0.0220. The molecule has 50 valence electrons. The van der Waals surface area contributed by atoms with Gasteiger partial charge in [0.1, 0.15) is 6.10 Å². The Labute approximate surface area is 54.5 Å². The molecule has 1 unspecified atom stereocenters. The summed E-state index contributed by atoms with van der Waals surface area (Å²) in [5.41, 5.74) is 0. The van der Waals surface area contributed by atoms with Crippen LogP contribution in [0.3, 0.4) is 0 Å². The molecular weight excluding hydrogens is 116 g/mol. The van der Waals surface area contributed by atoms with Gasteiger partial charge in [-0.15, -0.1) is 0 Å². The molecule has 0 radical (unpaired) electrons. The van der Waals surface area contributed by atoms with Gasteiger partial charge in [0.05, 0.1) is 0 Å². The molecule has 0 aliphatic carbocycles. The third-order valence-corrected chi connectivity index (χ3v) is 1.42. The van der Waals surface area contributed by atoms with E-state index in [9.17, 15) is 4.79 Å². The number of carbonyl (C=O) groups excluding carboxylic acids is 1. The highest BCUT2D eigenvalue weighted by atomic mass is 16.5. The van der Waals surface area contributed by atoms with Crippen LogP contribution in [-0.4, -0.2) is 12.1 Å². The van der Waals surface area contributed by atoms with Crippen LogP contribution in [0.1, 0.15) is 19.3 Å². The zero-order chi connectivity index (χ0) is 6.69. The summed E-state index contributed by atoms with van der Waals surface area (Å²) in [7, 11) is 0. The van der Waals surface area contributed by atoms with Crippen molar-refractivity contribution in [3.05, 3.63) is 12.7 Å². The highest BCUT2D eigenvalue weighted by Gasteiger charge is 2.16. The molecule has 1 aliphatic rings. The van der Waals surface area contributed by atoms with Gasteiger partial charge in [0.25, 0.3) is 0 Å². The second-order valence-corrected chi connectivity index (χ2v) is 2.16. The van der Waals surface area contributed by atoms with Gasteiger partial charge in [-0.25, -0.2) is 0 Å². The van der Waals surface area contributed by atoms with E-state index in [0.29, 0.717) is 6.42 Å². The van der Waals surface area contributed by atoms with E-state index in [1.807, 2.05) is 0 Å². The smallest absolute Gasteiger partial charge is 0.306 e. The summed E-state index contributed by atoms with van der Waals surface area (Å²) in [6.45, 7) is 3.54. The summed E-state index contributed by atoms with van der Waals surface area (Å²) < 4.78 is 4.88. The Morgan fingerprint density at radius 2 is 2.56 bits per heavy atom. The summed E-state index contributed by atoms with van der Waals surface area (Å²) in [6.07, 6.45) is 4.11. The molecule has 1 fully saturated rings. The monoisotopic (exact) mass is 126 g/mol. The average molecular weight is 126 g/mol. The maximum atomic E-state index is 10.6. The molecule has 1 heterocycles. The number of hydrogen-bond donors (Lipinski definition) is 0. The molecule has 1 atom stereocenters. The fourth-order valence-electron chi connectivity index (χ4n) is 0.900.